The fourth-order valence-corrected chi connectivity index (χ4v) is 3.57. The van der Waals surface area contributed by atoms with Crippen LogP contribution < -0.4 is 10.1 Å². The van der Waals surface area contributed by atoms with E-state index in [2.05, 4.69) is 21.2 Å². The average Bonchev–Trinajstić information content (AvgIpc) is 2.64. The van der Waals surface area contributed by atoms with Crippen molar-refractivity contribution in [1.82, 2.24) is 10.2 Å². The van der Waals surface area contributed by atoms with Crippen LogP contribution in [0, 0.1) is 6.92 Å². The molecule has 0 aliphatic rings. The van der Waals surface area contributed by atoms with Crippen molar-refractivity contribution in [1.29, 1.82) is 0 Å². The number of hydrogen-bond donors (Lipinski definition) is 1. The summed E-state index contributed by atoms with van der Waals surface area (Å²) in [4.78, 5) is 27.4. The van der Waals surface area contributed by atoms with Gasteiger partial charge in [0.15, 0.2) is 6.61 Å². The lowest BCUT2D eigenvalue weighted by atomic mass is 10.1. The van der Waals surface area contributed by atoms with Gasteiger partial charge in [-0.3, -0.25) is 9.59 Å². The molecular weight excluding hydrogens is 468 g/mol. The van der Waals surface area contributed by atoms with Crippen LogP contribution in [0.4, 0.5) is 0 Å². The number of carbonyl (C=O) groups is 2. The lowest BCUT2D eigenvalue weighted by molar-refractivity contribution is -0.142. The van der Waals surface area contributed by atoms with E-state index < -0.39 is 11.6 Å². The summed E-state index contributed by atoms with van der Waals surface area (Å²) in [5, 5.41) is 3.35. The summed E-state index contributed by atoms with van der Waals surface area (Å²) < 4.78 is 6.48. The number of carbonyl (C=O) groups excluding carboxylic acids is 2. The molecule has 0 aliphatic carbocycles. The van der Waals surface area contributed by atoms with Crippen LogP contribution in [0.3, 0.4) is 0 Å². The molecule has 1 atom stereocenters. The first-order valence-corrected chi connectivity index (χ1v) is 10.9. The van der Waals surface area contributed by atoms with E-state index in [1.807, 2.05) is 52.0 Å². The topological polar surface area (TPSA) is 58.6 Å². The van der Waals surface area contributed by atoms with Crippen molar-refractivity contribution in [3.05, 3.63) is 63.1 Å². The summed E-state index contributed by atoms with van der Waals surface area (Å²) in [6, 6.07) is 12.3. The van der Waals surface area contributed by atoms with Crippen LogP contribution in [-0.2, 0) is 16.1 Å². The zero-order chi connectivity index (χ0) is 22.5. The fourth-order valence-electron chi connectivity index (χ4n) is 2.84. The van der Waals surface area contributed by atoms with Gasteiger partial charge in [-0.05, 0) is 63.9 Å². The lowest BCUT2D eigenvalue weighted by Crippen LogP contribution is -2.53. The van der Waals surface area contributed by atoms with Crippen LogP contribution in [0.2, 0.25) is 5.02 Å². The summed E-state index contributed by atoms with van der Waals surface area (Å²) in [6.45, 7) is 9.51. The van der Waals surface area contributed by atoms with E-state index in [0.29, 0.717) is 17.3 Å². The van der Waals surface area contributed by atoms with Crippen LogP contribution >= 0.6 is 27.5 Å². The van der Waals surface area contributed by atoms with Crippen LogP contribution in [-0.4, -0.2) is 34.9 Å². The SMILES string of the molecule is Cc1ccccc1CN(C(=O)COc1ccc(Br)cc1Cl)[C@H](C)C(=O)NC(C)(C)C. The first-order chi connectivity index (χ1) is 14.0. The van der Waals surface area contributed by atoms with Crippen LogP contribution in [0.5, 0.6) is 5.75 Å². The molecule has 0 spiro atoms. The Hall–Kier alpha value is -2.05. The molecule has 2 aromatic carbocycles. The van der Waals surface area contributed by atoms with Crippen molar-refractivity contribution in [2.24, 2.45) is 0 Å². The van der Waals surface area contributed by atoms with Crippen LogP contribution in [0.15, 0.2) is 46.9 Å². The first-order valence-electron chi connectivity index (χ1n) is 9.72. The third-order valence-electron chi connectivity index (χ3n) is 4.51. The van der Waals surface area contributed by atoms with Crippen molar-refractivity contribution in [3.8, 4) is 5.75 Å². The van der Waals surface area contributed by atoms with Gasteiger partial charge in [-0.25, -0.2) is 0 Å². The minimum atomic E-state index is -0.666. The van der Waals surface area contributed by atoms with Crippen molar-refractivity contribution in [3.63, 3.8) is 0 Å². The molecule has 0 radical (unpaired) electrons. The standard InChI is InChI=1S/C23H28BrClN2O3/c1-15-8-6-7-9-17(15)13-27(16(2)22(29)26-23(3,4)5)21(28)14-30-20-11-10-18(24)12-19(20)25/h6-12,16H,13-14H2,1-5H3,(H,26,29)/t16-/m1/s1. The molecule has 0 heterocycles. The van der Waals surface area contributed by atoms with Gasteiger partial charge in [0, 0.05) is 16.6 Å². The number of aryl methyl sites for hydroxylation is 1. The van der Waals surface area contributed by atoms with Crippen LogP contribution in [0.25, 0.3) is 0 Å². The molecule has 0 aliphatic heterocycles. The van der Waals surface area contributed by atoms with E-state index in [1.165, 1.54) is 4.90 Å². The molecule has 0 bridgehead atoms. The van der Waals surface area contributed by atoms with Gasteiger partial charge in [-0.15, -0.1) is 0 Å². The smallest absolute Gasteiger partial charge is 0.261 e. The number of amides is 2. The van der Waals surface area contributed by atoms with E-state index >= 15 is 0 Å². The fraction of sp³-hybridized carbons (Fsp3) is 0.391. The zero-order valence-electron chi connectivity index (χ0n) is 18.0. The third-order valence-corrected chi connectivity index (χ3v) is 5.30. The molecule has 5 nitrogen and oxygen atoms in total. The number of nitrogens with one attached hydrogen (secondary N) is 1. The van der Waals surface area contributed by atoms with Gasteiger partial charge < -0.3 is 15.0 Å². The molecule has 0 saturated carbocycles. The molecular formula is C23H28BrClN2O3. The van der Waals surface area contributed by atoms with E-state index in [1.54, 1.807) is 25.1 Å². The molecule has 30 heavy (non-hydrogen) atoms. The largest absolute Gasteiger partial charge is 0.482 e. The number of benzene rings is 2. The third kappa shape index (κ3) is 7.03. The molecule has 7 heteroatoms. The molecule has 2 rings (SSSR count). The van der Waals surface area contributed by atoms with Crippen molar-refractivity contribution < 1.29 is 14.3 Å². The Bertz CT molecular complexity index is 912. The highest BCUT2D eigenvalue weighted by Crippen LogP contribution is 2.27. The molecule has 2 amide bonds. The monoisotopic (exact) mass is 494 g/mol. The summed E-state index contributed by atoms with van der Waals surface area (Å²) in [6.07, 6.45) is 0. The van der Waals surface area contributed by atoms with Gasteiger partial charge in [0.1, 0.15) is 11.8 Å². The maximum Gasteiger partial charge on any atom is 0.261 e. The van der Waals surface area contributed by atoms with Crippen molar-refractivity contribution >= 4 is 39.3 Å². The molecule has 2 aromatic rings. The Morgan fingerprint density at radius 1 is 1.20 bits per heavy atom. The number of nitrogens with zero attached hydrogens (tertiary/aromatic N) is 1. The number of halogens is 2. The van der Waals surface area contributed by atoms with Gasteiger partial charge in [-0.1, -0.05) is 51.8 Å². The molecule has 0 aromatic heterocycles. The summed E-state index contributed by atoms with van der Waals surface area (Å²) in [5.41, 5.74) is 1.63. The second kappa shape index (κ2) is 10.3. The minimum absolute atomic E-state index is 0.217. The van der Waals surface area contributed by atoms with Gasteiger partial charge in [0.2, 0.25) is 5.91 Å². The molecule has 0 unspecified atom stereocenters. The highest BCUT2D eigenvalue weighted by molar-refractivity contribution is 9.10. The van der Waals surface area contributed by atoms with Gasteiger partial charge in [-0.2, -0.15) is 0 Å². The predicted octanol–water partition coefficient (Wildman–Crippen LogP) is 5.12. The Kier molecular flexibility index (Phi) is 8.33. The summed E-state index contributed by atoms with van der Waals surface area (Å²) >= 11 is 9.53. The Morgan fingerprint density at radius 3 is 2.47 bits per heavy atom. The van der Waals surface area contributed by atoms with Crippen molar-refractivity contribution in [2.45, 2.75) is 52.7 Å². The molecule has 0 fully saturated rings. The number of ether oxygens (including phenoxy) is 1. The van der Waals surface area contributed by atoms with E-state index in [0.717, 1.165) is 15.6 Å². The minimum Gasteiger partial charge on any atom is -0.482 e. The van der Waals surface area contributed by atoms with Gasteiger partial charge in [0.25, 0.3) is 5.91 Å². The maximum absolute atomic E-state index is 13.1. The normalized spacial score (nSPS) is 12.2. The van der Waals surface area contributed by atoms with Gasteiger partial charge in [0.05, 0.1) is 5.02 Å². The second-order valence-electron chi connectivity index (χ2n) is 8.23. The van der Waals surface area contributed by atoms with Crippen LogP contribution in [0.1, 0.15) is 38.8 Å². The van der Waals surface area contributed by atoms with E-state index in [9.17, 15) is 9.59 Å². The second-order valence-corrected chi connectivity index (χ2v) is 9.55. The highest BCUT2D eigenvalue weighted by atomic mass is 79.9. The first kappa shape index (κ1) is 24.2. The zero-order valence-corrected chi connectivity index (χ0v) is 20.3. The van der Waals surface area contributed by atoms with E-state index in [4.69, 9.17) is 16.3 Å². The number of hydrogen-bond acceptors (Lipinski definition) is 3. The molecule has 0 saturated heterocycles. The maximum atomic E-state index is 13.1. The van der Waals surface area contributed by atoms with Gasteiger partial charge >= 0.3 is 0 Å². The number of rotatable bonds is 7. The van der Waals surface area contributed by atoms with E-state index in [-0.39, 0.29) is 18.4 Å². The molecule has 162 valence electrons. The Balaban J connectivity index is 2.21. The average molecular weight is 496 g/mol. The summed E-state index contributed by atoms with van der Waals surface area (Å²) in [7, 11) is 0. The Labute approximate surface area is 191 Å². The lowest BCUT2D eigenvalue weighted by Gasteiger charge is -2.31. The molecule has 1 N–H and O–H groups in total. The quantitative estimate of drug-likeness (QED) is 0.580. The van der Waals surface area contributed by atoms with Crippen molar-refractivity contribution in [2.75, 3.05) is 6.61 Å². The Morgan fingerprint density at radius 2 is 1.87 bits per heavy atom. The summed E-state index contributed by atoms with van der Waals surface area (Å²) in [5.74, 6) is -0.101. The predicted molar refractivity (Wildman–Crippen MR) is 124 cm³/mol. The highest BCUT2D eigenvalue weighted by Gasteiger charge is 2.29.